The van der Waals surface area contributed by atoms with Crippen LogP contribution in [0.15, 0.2) is 18.3 Å². The predicted molar refractivity (Wildman–Crippen MR) is 79.0 cm³/mol. The summed E-state index contributed by atoms with van der Waals surface area (Å²) in [7, 11) is 0. The number of morpholine rings is 1. The second kappa shape index (κ2) is 7.85. The summed E-state index contributed by atoms with van der Waals surface area (Å²) < 4.78 is 5.26. The van der Waals surface area contributed by atoms with Gasteiger partial charge in [0.05, 0.1) is 13.2 Å². The third-order valence-corrected chi connectivity index (χ3v) is 3.39. The Morgan fingerprint density at radius 3 is 2.95 bits per heavy atom. The number of hydrogen-bond donors (Lipinski definition) is 1. The van der Waals surface area contributed by atoms with E-state index in [1.54, 1.807) is 11.1 Å². The van der Waals surface area contributed by atoms with Gasteiger partial charge in [-0.25, -0.2) is 0 Å². The van der Waals surface area contributed by atoms with E-state index in [2.05, 4.69) is 17.2 Å². The van der Waals surface area contributed by atoms with Crippen LogP contribution in [0.25, 0.3) is 0 Å². The van der Waals surface area contributed by atoms with Crippen molar-refractivity contribution in [1.82, 2.24) is 9.88 Å². The molecule has 1 amide bonds. The maximum Gasteiger partial charge on any atom is 0.272 e. The highest BCUT2D eigenvalue weighted by Gasteiger charge is 2.19. The Labute approximate surface area is 120 Å². The van der Waals surface area contributed by atoms with Crippen molar-refractivity contribution in [1.29, 1.82) is 0 Å². The van der Waals surface area contributed by atoms with Gasteiger partial charge in [-0.1, -0.05) is 19.8 Å². The van der Waals surface area contributed by atoms with E-state index in [1.165, 1.54) is 12.8 Å². The highest BCUT2D eigenvalue weighted by Crippen LogP contribution is 2.11. The smallest absolute Gasteiger partial charge is 0.272 e. The fourth-order valence-electron chi connectivity index (χ4n) is 2.19. The van der Waals surface area contributed by atoms with Crippen molar-refractivity contribution in [2.75, 3.05) is 38.2 Å². The molecule has 5 heteroatoms. The number of nitrogens with one attached hydrogen (secondary N) is 1. The maximum absolute atomic E-state index is 12.3. The van der Waals surface area contributed by atoms with E-state index in [0.717, 1.165) is 18.7 Å². The molecule has 1 aliphatic heterocycles. The Bertz CT molecular complexity index is 431. The lowest BCUT2D eigenvalue weighted by Gasteiger charge is -2.26. The average Bonchev–Trinajstić information content (AvgIpc) is 2.52. The Kier molecular flexibility index (Phi) is 5.80. The molecule has 5 nitrogen and oxygen atoms in total. The van der Waals surface area contributed by atoms with Crippen LogP contribution < -0.4 is 5.32 Å². The molecule has 1 aromatic rings. The topological polar surface area (TPSA) is 54.5 Å². The van der Waals surface area contributed by atoms with Crippen LogP contribution in [0.1, 0.15) is 36.7 Å². The summed E-state index contributed by atoms with van der Waals surface area (Å²) in [5.41, 5.74) is 1.47. The summed E-state index contributed by atoms with van der Waals surface area (Å²) >= 11 is 0. The van der Waals surface area contributed by atoms with Crippen molar-refractivity contribution in [2.24, 2.45) is 0 Å². The van der Waals surface area contributed by atoms with Gasteiger partial charge in [-0.3, -0.25) is 9.78 Å². The van der Waals surface area contributed by atoms with E-state index in [1.807, 2.05) is 12.1 Å². The number of ether oxygens (including phenoxy) is 1. The number of aromatic nitrogens is 1. The van der Waals surface area contributed by atoms with Gasteiger partial charge in [0.1, 0.15) is 5.69 Å². The molecule has 0 saturated carbocycles. The normalized spacial score (nSPS) is 15.2. The largest absolute Gasteiger partial charge is 0.385 e. The molecule has 2 rings (SSSR count). The second-order valence-corrected chi connectivity index (χ2v) is 4.97. The number of unbranched alkanes of at least 4 members (excludes halogenated alkanes) is 2. The third-order valence-electron chi connectivity index (χ3n) is 3.39. The second-order valence-electron chi connectivity index (χ2n) is 4.97. The van der Waals surface area contributed by atoms with Gasteiger partial charge >= 0.3 is 0 Å². The number of hydrogen-bond acceptors (Lipinski definition) is 4. The van der Waals surface area contributed by atoms with Crippen LogP contribution in [0.5, 0.6) is 0 Å². The molecule has 1 aliphatic rings. The fraction of sp³-hybridized carbons (Fsp3) is 0.600. The van der Waals surface area contributed by atoms with Crippen LogP contribution in [-0.2, 0) is 4.74 Å². The van der Waals surface area contributed by atoms with Gasteiger partial charge in [0.25, 0.3) is 5.91 Å². The Balaban J connectivity index is 1.92. The predicted octanol–water partition coefficient (Wildman–Crippen LogP) is 2.16. The number of carbonyl (C=O) groups is 1. The summed E-state index contributed by atoms with van der Waals surface area (Å²) in [6.07, 6.45) is 5.26. The van der Waals surface area contributed by atoms with Crippen LogP contribution in [0.4, 0.5) is 5.69 Å². The Morgan fingerprint density at radius 2 is 2.20 bits per heavy atom. The van der Waals surface area contributed by atoms with E-state index < -0.39 is 0 Å². The van der Waals surface area contributed by atoms with Crippen molar-refractivity contribution < 1.29 is 9.53 Å². The summed E-state index contributed by atoms with van der Waals surface area (Å²) in [5.74, 6) is -0.00879. The van der Waals surface area contributed by atoms with E-state index in [0.29, 0.717) is 32.0 Å². The first kappa shape index (κ1) is 14.8. The van der Waals surface area contributed by atoms with Crippen LogP contribution in [0, 0.1) is 0 Å². The summed E-state index contributed by atoms with van der Waals surface area (Å²) in [4.78, 5) is 18.3. The minimum absolute atomic E-state index is 0.00879. The highest BCUT2D eigenvalue weighted by molar-refractivity contribution is 5.93. The van der Waals surface area contributed by atoms with E-state index in [-0.39, 0.29) is 5.91 Å². The van der Waals surface area contributed by atoms with E-state index in [9.17, 15) is 4.79 Å². The quantitative estimate of drug-likeness (QED) is 0.810. The molecule has 2 heterocycles. The van der Waals surface area contributed by atoms with Gasteiger partial charge in [0.15, 0.2) is 0 Å². The zero-order valence-corrected chi connectivity index (χ0v) is 12.1. The third kappa shape index (κ3) is 4.20. The molecule has 110 valence electrons. The molecular formula is C15H23N3O2. The first-order valence-corrected chi connectivity index (χ1v) is 7.38. The molecule has 0 atom stereocenters. The van der Waals surface area contributed by atoms with Gasteiger partial charge in [-0.2, -0.15) is 0 Å². The maximum atomic E-state index is 12.3. The van der Waals surface area contributed by atoms with E-state index in [4.69, 9.17) is 4.74 Å². The number of amides is 1. The van der Waals surface area contributed by atoms with Crippen LogP contribution in [0.3, 0.4) is 0 Å². The minimum atomic E-state index is -0.00879. The van der Waals surface area contributed by atoms with Crippen LogP contribution in [0.2, 0.25) is 0 Å². The SMILES string of the molecule is CCCCCNc1ccnc(C(=O)N2CCOCC2)c1. The zero-order chi connectivity index (χ0) is 14.2. The van der Waals surface area contributed by atoms with Gasteiger partial charge in [-0.05, 0) is 18.6 Å². The summed E-state index contributed by atoms with van der Waals surface area (Å²) in [6.45, 7) is 5.64. The highest BCUT2D eigenvalue weighted by atomic mass is 16.5. The average molecular weight is 277 g/mol. The zero-order valence-electron chi connectivity index (χ0n) is 12.1. The molecule has 1 N–H and O–H groups in total. The van der Waals surface area contributed by atoms with Crippen LogP contribution >= 0.6 is 0 Å². The molecule has 0 radical (unpaired) electrons. The van der Waals surface area contributed by atoms with Crippen molar-refractivity contribution in [3.8, 4) is 0 Å². The standard InChI is InChI=1S/C15H23N3O2/c1-2-3-4-6-16-13-5-7-17-14(12-13)15(19)18-8-10-20-11-9-18/h5,7,12H,2-4,6,8-11H2,1H3,(H,16,17). The number of nitrogens with zero attached hydrogens (tertiary/aromatic N) is 2. The van der Waals surface area contributed by atoms with Crippen molar-refractivity contribution in [3.05, 3.63) is 24.0 Å². The molecule has 1 saturated heterocycles. The van der Waals surface area contributed by atoms with E-state index >= 15 is 0 Å². The number of carbonyl (C=O) groups excluding carboxylic acids is 1. The number of rotatable bonds is 6. The van der Waals surface area contributed by atoms with Gasteiger partial charge in [0.2, 0.25) is 0 Å². The molecule has 0 bridgehead atoms. The monoisotopic (exact) mass is 277 g/mol. The van der Waals surface area contributed by atoms with Crippen LogP contribution in [-0.4, -0.2) is 48.6 Å². The molecule has 1 fully saturated rings. The fourth-order valence-corrected chi connectivity index (χ4v) is 2.19. The molecule has 0 aliphatic carbocycles. The van der Waals surface area contributed by atoms with Gasteiger partial charge < -0.3 is 15.0 Å². The molecular weight excluding hydrogens is 254 g/mol. The molecule has 0 aromatic carbocycles. The molecule has 0 unspecified atom stereocenters. The van der Waals surface area contributed by atoms with Gasteiger partial charge in [-0.15, -0.1) is 0 Å². The lowest BCUT2D eigenvalue weighted by atomic mass is 10.2. The van der Waals surface area contributed by atoms with Crippen molar-refractivity contribution in [3.63, 3.8) is 0 Å². The molecule has 20 heavy (non-hydrogen) atoms. The Morgan fingerprint density at radius 1 is 1.40 bits per heavy atom. The van der Waals surface area contributed by atoms with Crippen molar-refractivity contribution in [2.45, 2.75) is 26.2 Å². The number of anilines is 1. The molecule has 0 spiro atoms. The lowest BCUT2D eigenvalue weighted by Crippen LogP contribution is -2.41. The summed E-state index contributed by atoms with van der Waals surface area (Å²) in [6, 6.07) is 3.74. The molecule has 1 aromatic heterocycles. The first-order valence-electron chi connectivity index (χ1n) is 7.38. The Hall–Kier alpha value is -1.62. The van der Waals surface area contributed by atoms with Gasteiger partial charge in [0, 0.05) is 31.5 Å². The lowest BCUT2D eigenvalue weighted by molar-refractivity contribution is 0.0299. The number of pyridine rings is 1. The summed E-state index contributed by atoms with van der Waals surface area (Å²) in [5, 5.41) is 3.34. The minimum Gasteiger partial charge on any atom is -0.385 e. The first-order chi connectivity index (χ1) is 9.81. The van der Waals surface area contributed by atoms with Crippen molar-refractivity contribution >= 4 is 11.6 Å².